The topological polar surface area (TPSA) is 39.8 Å². The van der Waals surface area contributed by atoms with Gasteiger partial charge >= 0.3 is 5.69 Å². The molecule has 5 heteroatoms. The van der Waals surface area contributed by atoms with Gasteiger partial charge in [-0.15, -0.1) is 0 Å². The molecule has 2 rings (SSSR count). The Morgan fingerprint density at radius 1 is 1.36 bits per heavy atom. The molecule has 0 saturated carbocycles. The van der Waals surface area contributed by atoms with Gasteiger partial charge in [0.05, 0.1) is 10.7 Å². The van der Waals surface area contributed by atoms with Crippen molar-refractivity contribution in [2.75, 3.05) is 0 Å². The van der Waals surface area contributed by atoms with Gasteiger partial charge in [-0.2, -0.15) is 5.10 Å². The molecule has 0 N–H and O–H groups in total. The monoisotopic (exact) mass is 209 g/mol. The van der Waals surface area contributed by atoms with Gasteiger partial charge < -0.3 is 0 Å². The van der Waals surface area contributed by atoms with E-state index in [1.807, 2.05) is 12.1 Å². The van der Waals surface area contributed by atoms with Crippen LogP contribution in [0.5, 0.6) is 0 Å². The minimum atomic E-state index is -0.210. The predicted molar refractivity (Wildman–Crippen MR) is 53.8 cm³/mol. The smallest absolute Gasteiger partial charge is 0.248 e. The lowest BCUT2D eigenvalue weighted by atomic mass is 10.3. The lowest BCUT2D eigenvalue weighted by Gasteiger charge is -2.01. The van der Waals surface area contributed by atoms with Crippen LogP contribution < -0.4 is 5.69 Å². The van der Waals surface area contributed by atoms with Crippen LogP contribution in [0.15, 0.2) is 35.4 Å². The van der Waals surface area contributed by atoms with E-state index in [1.165, 1.54) is 15.6 Å². The highest BCUT2D eigenvalue weighted by molar-refractivity contribution is 6.32. The van der Waals surface area contributed by atoms with Crippen LogP contribution in [0, 0.1) is 0 Å². The SMILES string of the molecule is Cn1ncn(-c2ccccc2Cl)c1=O. The van der Waals surface area contributed by atoms with E-state index < -0.39 is 0 Å². The Balaban J connectivity index is 2.67. The lowest BCUT2D eigenvalue weighted by molar-refractivity contribution is 0.726. The fourth-order valence-electron chi connectivity index (χ4n) is 1.20. The van der Waals surface area contributed by atoms with Crippen LogP contribution in [-0.4, -0.2) is 14.3 Å². The van der Waals surface area contributed by atoms with Crippen molar-refractivity contribution in [3.05, 3.63) is 46.1 Å². The second kappa shape index (κ2) is 3.31. The Morgan fingerprint density at radius 3 is 2.64 bits per heavy atom. The second-order valence-corrected chi connectivity index (χ2v) is 3.27. The van der Waals surface area contributed by atoms with Gasteiger partial charge in [0.25, 0.3) is 0 Å². The molecule has 0 fully saturated rings. The summed E-state index contributed by atoms with van der Waals surface area (Å²) in [4.78, 5) is 11.5. The molecule has 1 heterocycles. The number of rotatable bonds is 1. The van der Waals surface area contributed by atoms with Gasteiger partial charge in [-0.1, -0.05) is 23.7 Å². The molecule has 0 bridgehead atoms. The molecule has 0 atom stereocenters. The zero-order chi connectivity index (χ0) is 10.1. The molecule has 0 saturated heterocycles. The van der Waals surface area contributed by atoms with Crippen LogP contribution in [0.4, 0.5) is 0 Å². The lowest BCUT2D eigenvalue weighted by Crippen LogP contribution is -2.21. The van der Waals surface area contributed by atoms with Crippen molar-refractivity contribution in [1.29, 1.82) is 0 Å². The molecule has 4 nitrogen and oxygen atoms in total. The Morgan fingerprint density at radius 2 is 2.07 bits per heavy atom. The van der Waals surface area contributed by atoms with Gasteiger partial charge in [-0.3, -0.25) is 0 Å². The highest BCUT2D eigenvalue weighted by Gasteiger charge is 2.06. The summed E-state index contributed by atoms with van der Waals surface area (Å²) >= 11 is 5.94. The highest BCUT2D eigenvalue weighted by Crippen LogP contribution is 2.17. The second-order valence-electron chi connectivity index (χ2n) is 2.86. The number of nitrogens with zero attached hydrogens (tertiary/aromatic N) is 3. The number of hydrogen-bond donors (Lipinski definition) is 0. The number of aromatic nitrogens is 3. The van der Waals surface area contributed by atoms with Gasteiger partial charge in [0.1, 0.15) is 6.33 Å². The first-order chi connectivity index (χ1) is 6.70. The van der Waals surface area contributed by atoms with Gasteiger partial charge in [-0.25, -0.2) is 14.0 Å². The van der Waals surface area contributed by atoms with Crippen LogP contribution in [0.25, 0.3) is 5.69 Å². The van der Waals surface area contributed by atoms with Crippen LogP contribution in [0.1, 0.15) is 0 Å². The maximum Gasteiger partial charge on any atom is 0.350 e. The molecule has 0 aliphatic rings. The summed E-state index contributed by atoms with van der Waals surface area (Å²) in [7, 11) is 1.59. The van der Waals surface area contributed by atoms with E-state index in [9.17, 15) is 4.79 Å². The fourth-order valence-corrected chi connectivity index (χ4v) is 1.42. The van der Waals surface area contributed by atoms with Gasteiger partial charge in [0.2, 0.25) is 0 Å². The van der Waals surface area contributed by atoms with Gasteiger partial charge in [0.15, 0.2) is 0 Å². The zero-order valence-corrected chi connectivity index (χ0v) is 8.27. The summed E-state index contributed by atoms with van der Waals surface area (Å²) in [6.45, 7) is 0. The third-order valence-corrected chi connectivity index (χ3v) is 2.25. The van der Waals surface area contributed by atoms with Crippen molar-refractivity contribution in [3.8, 4) is 5.69 Å². The average Bonchev–Trinajstić information content (AvgIpc) is 2.49. The molecule has 72 valence electrons. The molecule has 1 aromatic heterocycles. The van der Waals surface area contributed by atoms with E-state index in [1.54, 1.807) is 19.2 Å². The number of halogens is 1. The van der Waals surface area contributed by atoms with Crippen molar-refractivity contribution < 1.29 is 0 Å². The summed E-state index contributed by atoms with van der Waals surface area (Å²) in [5, 5.41) is 4.37. The third-order valence-electron chi connectivity index (χ3n) is 1.94. The van der Waals surface area contributed by atoms with E-state index in [0.29, 0.717) is 10.7 Å². The summed E-state index contributed by atoms with van der Waals surface area (Å²) in [6.07, 6.45) is 1.45. The quantitative estimate of drug-likeness (QED) is 0.709. The maximum absolute atomic E-state index is 11.5. The Labute approximate surface area is 85.4 Å². The Kier molecular flexibility index (Phi) is 2.13. The van der Waals surface area contributed by atoms with Crippen LogP contribution in [0.3, 0.4) is 0 Å². The number of hydrogen-bond acceptors (Lipinski definition) is 2. The first-order valence-corrected chi connectivity index (χ1v) is 4.43. The number of aryl methyl sites for hydroxylation is 1. The van der Waals surface area contributed by atoms with Crippen LogP contribution in [0.2, 0.25) is 5.02 Å². The largest absolute Gasteiger partial charge is 0.350 e. The Hall–Kier alpha value is -1.55. The minimum Gasteiger partial charge on any atom is -0.248 e. The van der Waals surface area contributed by atoms with Crippen molar-refractivity contribution >= 4 is 11.6 Å². The molecule has 0 aliphatic heterocycles. The molecular formula is C9H8ClN3O. The molecule has 0 radical (unpaired) electrons. The molecule has 14 heavy (non-hydrogen) atoms. The van der Waals surface area contributed by atoms with Crippen molar-refractivity contribution in [3.63, 3.8) is 0 Å². The van der Waals surface area contributed by atoms with Crippen LogP contribution in [-0.2, 0) is 7.05 Å². The number of para-hydroxylation sites is 1. The number of benzene rings is 1. The van der Waals surface area contributed by atoms with Crippen molar-refractivity contribution in [1.82, 2.24) is 14.3 Å². The summed E-state index contributed by atoms with van der Waals surface area (Å²) in [5.74, 6) is 0. The normalized spacial score (nSPS) is 10.4. The van der Waals surface area contributed by atoms with E-state index in [0.717, 1.165) is 0 Å². The standard InChI is InChI=1S/C9H8ClN3O/c1-12-9(14)13(6-11-12)8-5-3-2-4-7(8)10/h2-6H,1H3. The first kappa shape index (κ1) is 9.02. The van der Waals surface area contributed by atoms with Crippen LogP contribution >= 0.6 is 11.6 Å². The Bertz CT molecular complexity index is 515. The fraction of sp³-hybridized carbons (Fsp3) is 0.111. The average molecular weight is 210 g/mol. The van der Waals surface area contributed by atoms with Gasteiger partial charge in [0, 0.05) is 7.05 Å². The molecule has 0 unspecified atom stereocenters. The van der Waals surface area contributed by atoms with Crippen molar-refractivity contribution in [2.24, 2.45) is 7.05 Å². The third kappa shape index (κ3) is 1.33. The van der Waals surface area contributed by atoms with E-state index in [2.05, 4.69) is 5.10 Å². The molecule has 0 aliphatic carbocycles. The molecular weight excluding hydrogens is 202 g/mol. The zero-order valence-electron chi connectivity index (χ0n) is 7.51. The minimum absolute atomic E-state index is 0.210. The predicted octanol–water partition coefficient (Wildman–Crippen LogP) is 1.22. The highest BCUT2D eigenvalue weighted by atomic mass is 35.5. The van der Waals surface area contributed by atoms with Gasteiger partial charge in [-0.05, 0) is 12.1 Å². The first-order valence-electron chi connectivity index (χ1n) is 4.05. The molecule has 0 spiro atoms. The summed E-state index contributed by atoms with van der Waals surface area (Å²) in [6, 6.07) is 7.13. The summed E-state index contributed by atoms with van der Waals surface area (Å²) < 4.78 is 2.66. The maximum atomic E-state index is 11.5. The van der Waals surface area contributed by atoms with E-state index in [4.69, 9.17) is 11.6 Å². The molecule has 1 aromatic carbocycles. The van der Waals surface area contributed by atoms with E-state index >= 15 is 0 Å². The summed E-state index contributed by atoms with van der Waals surface area (Å²) in [5.41, 5.74) is 0.436. The molecule has 2 aromatic rings. The molecule has 0 amide bonds. The van der Waals surface area contributed by atoms with Crippen molar-refractivity contribution in [2.45, 2.75) is 0 Å². The van der Waals surface area contributed by atoms with E-state index in [-0.39, 0.29) is 5.69 Å².